The maximum atomic E-state index is 5.11. The van der Waals surface area contributed by atoms with Crippen LogP contribution < -0.4 is 10.6 Å². The number of guanidine groups is 1. The highest BCUT2D eigenvalue weighted by atomic mass is 127. The molecule has 1 heterocycles. The van der Waals surface area contributed by atoms with Gasteiger partial charge in [0.05, 0.1) is 13.2 Å². The lowest BCUT2D eigenvalue weighted by Gasteiger charge is -2.42. The zero-order valence-electron chi connectivity index (χ0n) is 14.6. The summed E-state index contributed by atoms with van der Waals surface area (Å²) in [4.78, 5) is 7.63. The topological polar surface area (TPSA) is 48.9 Å². The van der Waals surface area contributed by atoms with Crippen molar-refractivity contribution >= 4 is 41.7 Å². The molecule has 1 saturated carbocycles. The Kier molecular flexibility index (Phi) is 10.9. The van der Waals surface area contributed by atoms with E-state index in [0.717, 1.165) is 25.6 Å². The van der Waals surface area contributed by atoms with Crippen molar-refractivity contribution in [2.75, 3.05) is 57.9 Å². The predicted octanol–water partition coefficient (Wildman–Crippen LogP) is 2.17. The number of hydrogen-bond acceptors (Lipinski definition) is 4. The molecule has 23 heavy (non-hydrogen) atoms. The lowest BCUT2D eigenvalue weighted by Crippen LogP contribution is -2.53. The first-order chi connectivity index (χ1) is 10.8. The Hall–Kier alpha value is 0.270. The van der Waals surface area contributed by atoms with Crippen LogP contribution in [0.2, 0.25) is 0 Å². The second kappa shape index (κ2) is 11.8. The summed E-state index contributed by atoms with van der Waals surface area (Å²) in [5.41, 5.74) is 0.310. The molecule has 0 unspecified atom stereocenters. The van der Waals surface area contributed by atoms with Crippen LogP contribution in [0.15, 0.2) is 4.99 Å². The lowest BCUT2D eigenvalue weighted by atomic mass is 9.95. The number of rotatable bonds is 7. The van der Waals surface area contributed by atoms with Crippen molar-refractivity contribution in [3.63, 3.8) is 0 Å². The maximum absolute atomic E-state index is 5.11. The maximum Gasteiger partial charge on any atom is 0.191 e. The monoisotopic (exact) mass is 456 g/mol. The molecule has 1 aliphatic heterocycles. The third-order valence-corrected chi connectivity index (χ3v) is 5.63. The summed E-state index contributed by atoms with van der Waals surface area (Å²) in [6.07, 6.45) is 5.32. The fourth-order valence-electron chi connectivity index (χ4n) is 3.48. The first kappa shape index (κ1) is 21.3. The van der Waals surface area contributed by atoms with E-state index in [1.807, 2.05) is 0 Å². The van der Waals surface area contributed by atoms with Crippen molar-refractivity contribution in [3.05, 3.63) is 0 Å². The van der Waals surface area contributed by atoms with Crippen LogP contribution in [0, 0.1) is 0 Å². The largest absolute Gasteiger partial charge is 0.383 e. The van der Waals surface area contributed by atoms with Crippen molar-refractivity contribution in [2.45, 2.75) is 38.1 Å². The van der Waals surface area contributed by atoms with Gasteiger partial charge in [-0.05, 0) is 19.8 Å². The van der Waals surface area contributed by atoms with E-state index in [0.29, 0.717) is 12.1 Å². The molecule has 0 spiro atoms. The molecule has 136 valence electrons. The third-order valence-electron chi connectivity index (χ3n) is 4.69. The molecule has 0 aromatic heterocycles. The summed E-state index contributed by atoms with van der Waals surface area (Å²) in [5, 5.41) is 6.70. The summed E-state index contributed by atoms with van der Waals surface area (Å²) >= 11 is 2.09. The van der Waals surface area contributed by atoms with E-state index in [4.69, 9.17) is 9.73 Å². The highest BCUT2D eigenvalue weighted by Crippen LogP contribution is 2.37. The summed E-state index contributed by atoms with van der Waals surface area (Å²) in [7, 11) is 1.73. The van der Waals surface area contributed by atoms with Gasteiger partial charge in [-0.1, -0.05) is 12.8 Å². The summed E-state index contributed by atoms with van der Waals surface area (Å²) in [5.74, 6) is 3.48. The van der Waals surface area contributed by atoms with Crippen LogP contribution in [0.4, 0.5) is 0 Å². The van der Waals surface area contributed by atoms with Crippen molar-refractivity contribution < 1.29 is 4.74 Å². The van der Waals surface area contributed by atoms with E-state index >= 15 is 0 Å². The first-order valence-corrected chi connectivity index (χ1v) is 9.80. The number of nitrogens with one attached hydrogen (secondary N) is 2. The van der Waals surface area contributed by atoms with Gasteiger partial charge in [-0.2, -0.15) is 11.8 Å². The van der Waals surface area contributed by atoms with E-state index in [-0.39, 0.29) is 24.0 Å². The molecule has 2 rings (SSSR count). The zero-order valence-corrected chi connectivity index (χ0v) is 17.8. The van der Waals surface area contributed by atoms with E-state index in [1.165, 1.54) is 50.3 Å². The number of methoxy groups -OCH3 is 1. The average Bonchev–Trinajstić information content (AvgIpc) is 3.04. The minimum absolute atomic E-state index is 0. The van der Waals surface area contributed by atoms with Gasteiger partial charge in [0.2, 0.25) is 0 Å². The lowest BCUT2D eigenvalue weighted by molar-refractivity contribution is 0.112. The number of aliphatic imine (C=N–C) groups is 1. The average molecular weight is 456 g/mol. The number of thioether (sulfide) groups is 1. The molecule has 5 nitrogen and oxygen atoms in total. The Bertz CT molecular complexity index is 345. The quantitative estimate of drug-likeness (QED) is 0.266. The van der Waals surface area contributed by atoms with Gasteiger partial charge in [0.25, 0.3) is 0 Å². The van der Waals surface area contributed by atoms with Gasteiger partial charge in [-0.3, -0.25) is 9.89 Å². The van der Waals surface area contributed by atoms with Gasteiger partial charge in [0, 0.05) is 50.3 Å². The first-order valence-electron chi connectivity index (χ1n) is 8.65. The molecule has 0 amide bonds. The number of halogens is 1. The van der Waals surface area contributed by atoms with Crippen LogP contribution in [0.25, 0.3) is 0 Å². The molecule has 2 fully saturated rings. The van der Waals surface area contributed by atoms with Crippen LogP contribution in [0.3, 0.4) is 0 Å². The number of hydrogen-bond donors (Lipinski definition) is 2. The molecule has 2 N–H and O–H groups in total. The minimum Gasteiger partial charge on any atom is -0.383 e. The van der Waals surface area contributed by atoms with Gasteiger partial charge in [0.15, 0.2) is 5.96 Å². The Morgan fingerprint density at radius 3 is 2.52 bits per heavy atom. The Labute approximate surface area is 162 Å². The van der Waals surface area contributed by atoms with Gasteiger partial charge in [0.1, 0.15) is 0 Å². The molecule has 2 aliphatic rings. The summed E-state index contributed by atoms with van der Waals surface area (Å²) < 4.78 is 5.11. The van der Waals surface area contributed by atoms with E-state index in [2.05, 4.69) is 34.2 Å². The van der Waals surface area contributed by atoms with Crippen LogP contribution in [-0.4, -0.2) is 74.3 Å². The SMILES string of the molecule is CCNC(=NCC1(N2CCSCC2)CCCC1)NCCOC.I. The minimum atomic E-state index is 0. The van der Waals surface area contributed by atoms with Crippen molar-refractivity contribution in [1.82, 2.24) is 15.5 Å². The van der Waals surface area contributed by atoms with Gasteiger partial charge in [-0.15, -0.1) is 24.0 Å². The van der Waals surface area contributed by atoms with Gasteiger partial charge >= 0.3 is 0 Å². The molecule has 0 aromatic rings. The molecule has 0 atom stereocenters. The van der Waals surface area contributed by atoms with Crippen LogP contribution in [-0.2, 0) is 4.74 Å². The smallest absolute Gasteiger partial charge is 0.191 e. The normalized spacial score (nSPS) is 21.7. The number of ether oxygens (including phenoxy) is 1. The van der Waals surface area contributed by atoms with Crippen LogP contribution >= 0.6 is 35.7 Å². The Balaban J connectivity index is 0.00000264. The molecule has 0 radical (unpaired) electrons. The zero-order chi connectivity index (χ0) is 15.7. The van der Waals surface area contributed by atoms with E-state index in [1.54, 1.807) is 7.11 Å². The van der Waals surface area contributed by atoms with E-state index < -0.39 is 0 Å². The van der Waals surface area contributed by atoms with Crippen molar-refractivity contribution in [3.8, 4) is 0 Å². The molecular formula is C16H33IN4OS. The number of nitrogens with zero attached hydrogens (tertiary/aromatic N) is 2. The van der Waals surface area contributed by atoms with Gasteiger partial charge < -0.3 is 15.4 Å². The molecule has 0 bridgehead atoms. The Morgan fingerprint density at radius 2 is 1.91 bits per heavy atom. The summed E-state index contributed by atoms with van der Waals surface area (Å²) in [6, 6.07) is 0. The molecule has 0 aromatic carbocycles. The summed E-state index contributed by atoms with van der Waals surface area (Å²) in [6.45, 7) is 7.89. The van der Waals surface area contributed by atoms with E-state index in [9.17, 15) is 0 Å². The molecule has 1 saturated heterocycles. The fraction of sp³-hybridized carbons (Fsp3) is 0.938. The second-order valence-electron chi connectivity index (χ2n) is 6.15. The van der Waals surface area contributed by atoms with Crippen LogP contribution in [0.1, 0.15) is 32.6 Å². The van der Waals surface area contributed by atoms with Crippen molar-refractivity contribution in [1.29, 1.82) is 0 Å². The molecular weight excluding hydrogens is 423 g/mol. The predicted molar refractivity (Wildman–Crippen MR) is 111 cm³/mol. The highest BCUT2D eigenvalue weighted by Gasteiger charge is 2.39. The van der Waals surface area contributed by atoms with Crippen molar-refractivity contribution in [2.24, 2.45) is 4.99 Å². The fourth-order valence-corrected chi connectivity index (χ4v) is 4.39. The second-order valence-corrected chi connectivity index (χ2v) is 7.37. The van der Waals surface area contributed by atoms with Crippen LogP contribution in [0.5, 0.6) is 0 Å². The molecule has 1 aliphatic carbocycles. The highest BCUT2D eigenvalue weighted by molar-refractivity contribution is 14.0. The third kappa shape index (κ3) is 6.59. The van der Waals surface area contributed by atoms with Gasteiger partial charge in [-0.25, -0.2) is 0 Å². The standard InChI is InChI=1S/C16H32N4OS.HI/c1-3-17-15(18-8-11-21-2)19-14-16(6-4-5-7-16)20-9-12-22-13-10-20;/h3-14H2,1-2H3,(H2,17,18,19);1H. The Morgan fingerprint density at radius 1 is 1.22 bits per heavy atom. The molecule has 7 heteroatoms.